The van der Waals surface area contributed by atoms with Crippen LogP contribution in [0.3, 0.4) is 0 Å². The summed E-state index contributed by atoms with van der Waals surface area (Å²) < 4.78 is 8.96. The summed E-state index contributed by atoms with van der Waals surface area (Å²) in [7, 11) is -1.79. The molecule has 2 atom stereocenters. The first-order valence-corrected chi connectivity index (χ1v) is 36.4. The molecule has 12 aromatic carbocycles. The number of hydrogen-bond donors (Lipinski definition) is 0. The second-order valence-electron chi connectivity index (χ2n) is 27.4. The number of aromatic nitrogens is 1. The van der Waals surface area contributed by atoms with Gasteiger partial charge in [-0.15, -0.1) is 0 Å². The van der Waals surface area contributed by atoms with Crippen molar-refractivity contribution in [1.82, 2.24) is 4.57 Å². The summed E-state index contributed by atoms with van der Waals surface area (Å²) in [5.41, 5.74) is 26.2. The van der Waals surface area contributed by atoms with Crippen LogP contribution in [0.4, 0.5) is 17.1 Å². The second-order valence-corrected chi connectivity index (χ2v) is 32.6. The number of rotatable bonds is 19. The lowest BCUT2D eigenvalue weighted by atomic mass is 9.67. The van der Waals surface area contributed by atoms with Crippen LogP contribution in [0.25, 0.3) is 95.3 Å². The van der Waals surface area contributed by atoms with Crippen molar-refractivity contribution in [2.75, 3.05) is 11.5 Å². The molecule has 0 amide bonds. The maximum Gasteiger partial charge on any atom is 0.119 e. The molecule has 1 aliphatic carbocycles. The van der Waals surface area contributed by atoms with E-state index in [0.717, 1.165) is 57.7 Å². The summed E-state index contributed by atoms with van der Waals surface area (Å²) in [6.45, 7) is 23.2. The van der Waals surface area contributed by atoms with Crippen LogP contribution in [0.1, 0.15) is 67.5 Å². The van der Waals surface area contributed by atoms with Gasteiger partial charge in [0, 0.05) is 38.9 Å². The van der Waals surface area contributed by atoms with Crippen molar-refractivity contribution < 1.29 is 4.74 Å². The third-order valence-electron chi connectivity index (χ3n) is 19.5. The number of hydrogen-bond acceptors (Lipinski definition) is 2. The first-order valence-electron chi connectivity index (χ1n) is 33.0. The van der Waals surface area contributed by atoms with Gasteiger partial charge in [-0.3, -0.25) is 0 Å². The van der Waals surface area contributed by atoms with E-state index in [1.807, 2.05) is 12.2 Å². The topological polar surface area (TPSA) is 17.4 Å². The SMILES string of the molecule is C=Cc1ccc(-c2ccc(OCC[Si](C)(C)CC(C)CC3(c4ccc(C(C)(C)C)cc4)c4ccccc4-c4ccc(N(c5ccc(-c6ccccc6)cc5)c5ccc(-c6ccc7c(c6)c6cc(-c8ccc(C=C)cc8)ccc6n7-c6ccccc6)cc5)cc43)cc2)cc1. The van der Waals surface area contributed by atoms with E-state index in [-0.39, 0.29) is 5.41 Å². The van der Waals surface area contributed by atoms with Gasteiger partial charge in [0.25, 0.3) is 0 Å². The first kappa shape index (κ1) is 60.3. The normalized spacial score (nSPS) is 14.0. The number of nitrogens with zero attached hydrogens (tertiary/aromatic N) is 2. The highest BCUT2D eigenvalue weighted by Crippen LogP contribution is 2.58. The van der Waals surface area contributed by atoms with Crippen molar-refractivity contribution in [3.05, 3.63) is 332 Å². The van der Waals surface area contributed by atoms with Crippen molar-refractivity contribution in [3.8, 4) is 67.1 Å². The van der Waals surface area contributed by atoms with Crippen LogP contribution in [0.15, 0.2) is 298 Å². The molecule has 2 unspecified atom stereocenters. The molecule has 0 saturated heterocycles. The molecule has 456 valence electrons. The quantitative estimate of drug-likeness (QED) is 0.0751. The number of fused-ring (bicyclic) bond motifs is 6. The van der Waals surface area contributed by atoms with E-state index in [1.54, 1.807) is 0 Å². The van der Waals surface area contributed by atoms with Gasteiger partial charge in [0.1, 0.15) is 5.75 Å². The highest BCUT2D eigenvalue weighted by atomic mass is 28.3. The molecule has 0 fully saturated rings. The van der Waals surface area contributed by atoms with Crippen LogP contribution >= 0.6 is 0 Å². The van der Waals surface area contributed by atoms with E-state index in [9.17, 15) is 0 Å². The Kier molecular flexibility index (Phi) is 16.3. The summed E-state index contributed by atoms with van der Waals surface area (Å²) in [5.74, 6) is 1.33. The summed E-state index contributed by atoms with van der Waals surface area (Å²) in [6.07, 6.45) is 4.76. The molecule has 3 nitrogen and oxygen atoms in total. The van der Waals surface area contributed by atoms with Crippen LogP contribution in [-0.2, 0) is 10.8 Å². The van der Waals surface area contributed by atoms with Gasteiger partial charge >= 0.3 is 0 Å². The summed E-state index contributed by atoms with van der Waals surface area (Å²) >= 11 is 0. The molecule has 1 aromatic heterocycles. The number of benzene rings is 12. The molecule has 14 rings (SSSR count). The average Bonchev–Trinajstić information content (AvgIpc) is 1.57. The lowest BCUT2D eigenvalue weighted by Crippen LogP contribution is -2.34. The molecule has 0 bridgehead atoms. The highest BCUT2D eigenvalue weighted by Gasteiger charge is 2.46. The van der Waals surface area contributed by atoms with E-state index in [4.69, 9.17) is 4.74 Å². The van der Waals surface area contributed by atoms with E-state index < -0.39 is 13.5 Å². The van der Waals surface area contributed by atoms with Crippen LogP contribution < -0.4 is 9.64 Å². The van der Waals surface area contributed by atoms with Gasteiger partial charge < -0.3 is 14.2 Å². The van der Waals surface area contributed by atoms with Crippen LogP contribution in [0, 0.1) is 5.92 Å². The predicted octanol–water partition coefficient (Wildman–Crippen LogP) is 24.6. The monoisotopic (exact) mass is 1220 g/mol. The molecule has 93 heavy (non-hydrogen) atoms. The Morgan fingerprint density at radius 3 is 1.45 bits per heavy atom. The minimum absolute atomic E-state index is 0.0140. The van der Waals surface area contributed by atoms with E-state index in [0.29, 0.717) is 12.5 Å². The molecule has 0 saturated carbocycles. The Bertz CT molecular complexity index is 4830. The molecule has 0 N–H and O–H groups in total. The van der Waals surface area contributed by atoms with E-state index >= 15 is 0 Å². The standard InChI is InChI=1S/C89H80N2OSi/c1-9-63-25-29-66(30-26-63)68-37-50-79(51-38-68)92-55-56-93(7,8)61-62(3)60-89(74-43-41-73(42-44-74)88(4,5)6)84-24-18-17-23-80(84)81-52-49-78(59-85(81)89)90(76-45-33-67(34-46-76)65-19-13-11-14-20-65)77-47-35-70(36-48-77)72-40-54-87-83(58-72)82-57-71(69-31-27-64(10-2)28-32-69)39-53-86(82)91(87)75-21-15-12-16-22-75/h9-54,57-59,62H,1-2,55-56,60-61H2,3-8H3. The highest BCUT2D eigenvalue weighted by molar-refractivity contribution is 6.77. The molecule has 1 aliphatic rings. The smallest absolute Gasteiger partial charge is 0.119 e. The predicted molar refractivity (Wildman–Crippen MR) is 401 cm³/mol. The molecular formula is C89H80N2OSi. The largest absolute Gasteiger partial charge is 0.494 e. The van der Waals surface area contributed by atoms with Crippen molar-refractivity contribution >= 4 is 59.1 Å². The number of anilines is 3. The molecule has 4 heteroatoms. The van der Waals surface area contributed by atoms with Crippen LogP contribution in [0.2, 0.25) is 25.2 Å². The van der Waals surface area contributed by atoms with Gasteiger partial charge in [0.05, 0.1) is 25.7 Å². The summed E-state index contributed by atoms with van der Waals surface area (Å²) in [4.78, 5) is 2.47. The van der Waals surface area contributed by atoms with Crippen molar-refractivity contribution in [3.63, 3.8) is 0 Å². The molecule has 0 spiro atoms. The van der Waals surface area contributed by atoms with Gasteiger partial charge in [-0.05, 0) is 198 Å². The molecular weight excluding hydrogens is 1140 g/mol. The van der Waals surface area contributed by atoms with E-state index in [1.165, 1.54) is 100 Å². The Hall–Kier alpha value is -10.3. The van der Waals surface area contributed by atoms with Crippen LogP contribution in [0.5, 0.6) is 5.75 Å². The average molecular weight is 1220 g/mol. The fraction of sp³-hybridized carbons (Fsp3) is 0.146. The Morgan fingerprint density at radius 2 is 0.914 bits per heavy atom. The van der Waals surface area contributed by atoms with Gasteiger partial charge in [-0.1, -0.05) is 272 Å². The molecule has 0 radical (unpaired) electrons. The summed E-state index contributed by atoms with van der Waals surface area (Å²) in [5, 5.41) is 2.44. The Balaban J connectivity index is 0.832. The van der Waals surface area contributed by atoms with Gasteiger partial charge in [-0.2, -0.15) is 0 Å². The first-order chi connectivity index (χ1) is 45.2. The van der Waals surface area contributed by atoms with Gasteiger partial charge in [0.15, 0.2) is 0 Å². The van der Waals surface area contributed by atoms with Crippen molar-refractivity contribution in [2.24, 2.45) is 5.92 Å². The number of para-hydroxylation sites is 1. The third-order valence-corrected chi connectivity index (χ3v) is 22.9. The van der Waals surface area contributed by atoms with Gasteiger partial charge in [-0.25, -0.2) is 0 Å². The van der Waals surface area contributed by atoms with Crippen molar-refractivity contribution in [2.45, 2.75) is 70.1 Å². The zero-order valence-electron chi connectivity index (χ0n) is 54.4. The fourth-order valence-electron chi connectivity index (χ4n) is 14.8. The second kappa shape index (κ2) is 25.1. The van der Waals surface area contributed by atoms with E-state index in [2.05, 4.69) is 349 Å². The zero-order chi connectivity index (χ0) is 63.8. The number of ether oxygens (including phenoxy) is 1. The Morgan fingerprint density at radius 1 is 0.462 bits per heavy atom. The van der Waals surface area contributed by atoms with Crippen LogP contribution in [-0.4, -0.2) is 19.2 Å². The lowest BCUT2D eigenvalue weighted by Gasteiger charge is -2.38. The van der Waals surface area contributed by atoms with Crippen molar-refractivity contribution in [1.29, 1.82) is 0 Å². The third kappa shape index (κ3) is 11.9. The molecule has 13 aromatic rings. The van der Waals surface area contributed by atoms with Gasteiger partial charge in [0.2, 0.25) is 0 Å². The molecule has 0 aliphatic heterocycles. The molecule has 1 heterocycles. The minimum Gasteiger partial charge on any atom is -0.494 e. The lowest BCUT2D eigenvalue weighted by molar-refractivity contribution is 0.337. The Labute approximate surface area is 551 Å². The zero-order valence-corrected chi connectivity index (χ0v) is 55.4. The summed E-state index contributed by atoms with van der Waals surface area (Å²) in [6, 6.07) is 108. The minimum atomic E-state index is -1.79. The maximum absolute atomic E-state index is 6.55. The maximum atomic E-state index is 6.55. The fourth-order valence-corrected chi connectivity index (χ4v) is 17.7.